The molecule has 0 unspecified atom stereocenters. The predicted molar refractivity (Wildman–Crippen MR) is 140 cm³/mol. The molecule has 2 aromatic rings. The van der Waals surface area contributed by atoms with Gasteiger partial charge in [0.1, 0.15) is 0 Å². The molecule has 0 atom stereocenters. The Bertz CT molecular complexity index is 688. The van der Waals surface area contributed by atoms with E-state index < -0.39 is 0 Å². The lowest BCUT2D eigenvalue weighted by atomic mass is 10.2. The van der Waals surface area contributed by atoms with Gasteiger partial charge in [-0.3, -0.25) is 4.79 Å². The van der Waals surface area contributed by atoms with Gasteiger partial charge in [-0.2, -0.15) is 0 Å². The third kappa shape index (κ3) is 6.99. The van der Waals surface area contributed by atoms with Gasteiger partial charge >= 0.3 is 0 Å². The maximum Gasteiger partial charge on any atom is 0.151 e. The van der Waals surface area contributed by atoms with E-state index in [0.717, 1.165) is 31.7 Å². The van der Waals surface area contributed by atoms with Gasteiger partial charge < -0.3 is 5.11 Å². The first kappa shape index (κ1) is 22.5. The lowest BCUT2D eigenvalue weighted by Gasteiger charge is -2.03. The van der Waals surface area contributed by atoms with Crippen molar-refractivity contribution in [3.63, 3.8) is 0 Å². The number of rotatable bonds is 2. The first-order chi connectivity index (χ1) is 10.3. The van der Waals surface area contributed by atoms with Crippen LogP contribution in [-0.2, 0) is 6.61 Å². The minimum absolute atomic E-state index is 0.130. The van der Waals surface area contributed by atoms with E-state index in [1.165, 1.54) is 7.14 Å². The molecule has 2 aromatic carbocycles. The van der Waals surface area contributed by atoms with Crippen LogP contribution in [0.1, 0.15) is 15.9 Å². The Labute approximate surface area is 211 Å². The summed E-state index contributed by atoms with van der Waals surface area (Å²) < 4.78 is 6.83. The highest BCUT2D eigenvalue weighted by molar-refractivity contribution is 14.1. The minimum Gasteiger partial charge on any atom is -0.392 e. The number of aliphatic hydroxyl groups is 1. The molecule has 2 rings (SSSR count). The highest BCUT2D eigenvalue weighted by Crippen LogP contribution is 2.22. The fraction of sp³-hybridized carbons (Fsp3) is 0.0714. The van der Waals surface area contributed by atoms with Crippen molar-refractivity contribution >= 4 is 142 Å². The highest BCUT2D eigenvalue weighted by Gasteiger charge is 2.04. The van der Waals surface area contributed by atoms with Crippen molar-refractivity contribution in [2.24, 2.45) is 0 Å². The van der Waals surface area contributed by atoms with Gasteiger partial charge in [0, 0.05) is 27.0 Å². The van der Waals surface area contributed by atoms with Gasteiger partial charge in [-0.1, -0.05) is 0 Å². The minimum atomic E-state index is 0.130. The molecule has 118 valence electrons. The van der Waals surface area contributed by atoms with Crippen molar-refractivity contribution in [1.82, 2.24) is 0 Å². The van der Waals surface area contributed by atoms with E-state index in [1.807, 2.05) is 12.1 Å². The summed E-state index contributed by atoms with van der Waals surface area (Å²) >= 11 is 13.4. The molecule has 0 saturated carbocycles. The maximum atomic E-state index is 10.5. The zero-order valence-corrected chi connectivity index (χ0v) is 23.7. The summed E-state index contributed by atoms with van der Waals surface area (Å²) in [4.78, 5) is 10.5. The molecule has 22 heavy (non-hydrogen) atoms. The summed E-state index contributed by atoms with van der Waals surface area (Å²) in [6, 6.07) is 8.04. The Morgan fingerprint density at radius 3 is 1.82 bits per heavy atom. The quantitative estimate of drug-likeness (QED) is 0.218. The van der Waals surface area contributed by atoms with Gasteiger partial charge in [-0.05, 0) is 165 Å². The second-order valence-corrected chi connectivity index (χ2v) is 10.9. The van der Waals surface area contributed by atoms with Crippen LogP contribution in [0.2, 0.25) is 0 Å². The van der Waals surface area contributed by atoms with E-state index >= 15 is 0 Å². The van der Waals surface area contributed by atoms with Crippen LogP contribution in [0.15, 0.2) is 24.3 Å². The molecule has 0 aliphatic carbocycles. The lowest BCUT2D eigenvalue weighted by Crippen LogP contribution is -1.92. The molecule has 0 fully saturated rings. The molecule has 0 radical (unpaired) electrons. The van der Waals surface area contributed by atoms with E-state index in [9.17, 15) is 4.79 Å². The number of hydrogen-bond acceptors (Lipinski definition) is 2. The van der Waals surface area contributed by atoms with Crippen LogP contribution in [0.4, 0.5) is 0 Å². The van der Waals surface area contributed by atoms with Crippen LogP contribution < -0.4 is 0 Å². The zero-order chi connectivity index (χ0) is 16.9. The van der Waals surface area contributed by atoms with Gasteiger partial charge in [-0.15, -0.1) is 0 Å². The fourth-order valence-corrected chi connectivity index (χ4v) is 6.16. The Morgan fingerprint density at radius 1 is 0.818 bits per heavy atom. The molecule has 0 heterocycles. The number of carbonyl (C=O) groups is 1. The number of hydrogen-bond donors (Lipinski definition) is 1. The van der Waals surface area contributed by atoms with Crippen molar-refractivity contribution < 1.29 is 9.90 Å². The monoisotopic (exact) mass is 969 g/mol. The molecule has 0 amide bonds. The summed E-state index contributed by atoms with van der Waals surface area (Å²) in [5.41, 5.74) is 1.80. The standard InChI is InChI=1S/C7H5I3O.C7H3I3O/c2*8-5-1-4(3-11)7(10)6(9)2-5/h1-2,11H,3H2;1-3H. The summed E-state index contributed by atoms with van der Waals surface area (Å²) in [6.45, 7) is 0.130. The molecule has 1 N–H and O–H groups in total. The molecule has 0 aromatic heterocycles. The number of halogens is 6. The molecule has 0 spiro atoms. The highest BCUT2D eigenvalue weighted by atomic mass is 127. The molecule has 0 bridgehead atoms. The number of aldehydes is 1. The van der Waals surface area contributed by atoms with Crippen LogP contribution >= 0.6 is 136 Å². The van der Waals surface area contributed by atoms with Crippen molar-refractivity contribution in [3.8, 4) is 0 Å². The van der Waals surface area contributed by atoms with E-state index in [0.29, 0.717) is 0 Å². The molecular weight excluding hydrogens is 962 g/mol. The van der Waals surface area contributed by atoms with Crippen molar-refractivity contribution in [1.29, 1.82) is 0 Å². The van der Waals surface area contributed by atoms with Crippen LogP contribution in [0, 0.1) is 21.4 Å². The van der Waals surface area contributed by atoms with E-state index in [-0.39, 0.29) is 6.61 Å². The van der Waals surface area contributed by atoms with Crippen LogP contribution in [0.3, 0.4) is 0 Å². The van der Waals surface area contributed by atoms with Crippen LogP contribution in [0.5, 0.6) is 0 Å². The predicted octanol–water partition coefficient (Wildman–Crippen LogP) is 6.31. The second kappa shape index (κ2) is 11.2. The Hall–Kier alpha value is 2.45. The molecule has 0 saturated heterocycles. The Balaban J connectivity index is 0.000000220. The molecule has 0 aliphatic rings. The van der Waals surface area contributed by atoms with Crippen LogP contribution in [-0.4, -0.2) is 11.4 Å². The topological polar surface area (TPSA) is 37.3 Å². The lowest BCUT2D eigenvalue weighted by molar-refractivity contribution is 0.112. The average Bonchev–Trinajstić information content (AvgIpc) is 2.47. The smallest absolute Gasteiger partial charge is 0.151 e. The Kier molecular flexibility index (Phi) is 11.5. The molecule has 0 aliphatic heterocycles. The summed E-state index contributed by atoms with van der Waals surface area (Å²) in [5, 5.41) is 8.96. The molecule has 8 heteroatoms. The number of benzene rings is 2. The van der Waals surface area contributed by atoms with E-state index in [1.54, 1.807) is 0 Å². The SMILES string of the molecule is O=Cc1cc(I)cc(I)c1I.OCc1cc(I)cc(I)c1I. The normalized spacial score (nSPS) is 9.95. The summed E-state index contributed by atoms with van der Waals surface area (Å²) in [7, 11) is 0. The Morgan fingerprint density at radius 2 is 1.32 bits per heavy atom. The average molecular weight is 970 g/mol. The van der Waals surface area contributed by atoms with Gasteiger partial charge in [0.2, 0.25) is 0 Å². The molecular formula is C14H8I6O2. The van der Waals surface area contributed by atoms with Crippen molar-refractivity contribution in [2.45, 2.75) is 6.61 Å². The first-order valence-electron chi connectivity index (χ1n) is 5.64. The summed E-state index contributed by atoms with van der Waals surface area (Å²) in [5.74, 6) is 0. The fourth-order valence-electron chi connectivity index (χ4n) is 1.39. The van der Waals surface area contributed by atoms with Gasteiger partial charge in [-0.25, -0.2) is 0 Å². The van der Waals surface area contributed by atoms with Crippen LogP contribution in [0.25, 0.3) is 0 Å². The third-order valence-electron chi connectivity index (χ3n) is 2.39. The van der Waals surface area contributed by atoms with Crippen molar-refractivity contribution in [3.05, 3.63) is 56.8 Å². The maximum absolute atomic E-state index is 10.5. The first-order valence-corrected chi connectivity index (χ1v) is 12.1. The zero-order valence-electron chi connectivity index (χ0n) is 10.7. The molecule has 2 nitrogen and oxygen atoms in total. The van der Waals surface area contributed by atoms with E-state index in [4.69, 9.17) is 5.11 Å². The van der Waals surface area contributed by atoms with Gasteiger partial charge in [0.15, 0.2) is 6.29 Å². The van der Waals surface area contributed by atoms with E-state index in [2.05, 4.69) is 148 Å². The number of carbonyl (C=O) groups excluding carboxylic acids is 1. The summed E-state index contributed by atoms with van der Waals surface area (Å²) in [6.07, 6.45) is 0.895. The van der Waals surface area contributed by atoms with Crippen molar-refractivity contribution in [2.75, 3.05) is 0 Å². The largest absolute Gasteiger partial charge is 0.392 e. The number of aliphatic hydroxyl groups excluding tert-OH is 1. The van der Waals surface area contributed by atoms with Gasteiger partial charge in [0.25, 0.3) is 0 Å². The second-order valence-electron chi connectivity index (χ2n) is 3.93. The van der Waals surface area contributed by atoms with Gasteiger partial charge in [0.05, 0.1) is 6.61 Å². The third-order valence-corrected chi connectivity index (χ3v) is 9.88.